The molecule has 0 amide bonds. The minimum Gasteiger partial charge on any atom is -0.375 e. The Bertz CT molecular complexity index is 532. The van der Waals surface area contributed by atoms with Crippen molar-refractivity contribution >= 4 is 17.5 Å². The maximum absolute atomic E-state index is 14.0. The quantitative estimate of drug-likeness (QED) is 0.772. The first-order valence-electron chi connectivity index (χ1n) is 7.62. The molecule has 2 heterocycles. The number of benzene rings is 1. The number of ketones is 1. The summed E-state index contributed by atoms with van der Waals surface area (Å²) in [5.74, 6) is 1.66. The summed E-state index contributed by atoms with van der Waals surface area (Å²) in [5.41, 5.74) is 0.954. The summed E-state index contributed by atoms with van der Waals surface area (Å²) >= 11 is 1.95. The van der Waals surface area contributed by atoms with E-state index < -0.39 is 0 Å². The third-order valence-corrected chi connectivity index (χ3v) is 5.64. The molecule has 2 saturated heterocycles. The second-order valence-corrected chi connectivity index (χ2v) is 7.41. The number of hydrogen-bond acceptors (Lipinski definition) is 3. The van der Waals surface area contributed by atoms with E-state index in [9.17, 15) is 9.18 Å². The zero-order chi connectivity index (χ0) is 14.9. The first-order chi connectivity index (χ1) is 10.1. The van der Waals surface area contributed by atoms with Gasteiger partial charge in [0.1, 0.15) is 5.82 Å². The number of halogens is 1. The molecule has 21 heavy (non-hydrogen) atoms. The normalized spacial score (nSPS) is 25.0. The number of carbonyl (C=O) groups excluding carboxylic acids is 1. The van der Waals surface area contributed by atoms with Crippen LogP contribution in [0, 0.1) is 18.7 Å². The van der Waals surface area contributed by atoms with Gasteiger partial charge in [-0.15, -0.1) is 0 Å². The number of rotatable bonds is 2. The van der Waals surface area contributed by atoms with Crippen molar-refractivity contribution in [2.75, 3.05) is 18.1 Å². The highest BCUT2D eigenvalue weighted by molar-refractivity contribution is 7.99. The molecule has 0 aromatic heterocycles. The van der Waals surface area contributed by atoms with E-state index in [0.717, 1.165) is 36.3 Å². The van der Waals surface area contributed by atoms with Crippen molar-refractivity contribution in [3.63, 3.8) is 0 Å². The van der Waals surface area contributed by atoms with Gasteiger partial charge in [0.05, 0.1) is 11.2 Å². The molecule has 0 aliphatic carbocycles. The predicted octanol–water partition coefficient (Wildman–Crippen LogP) is 4.01. The van der Waals surface area contributed by atoms with Crippen LogP contribution in [0.1, 0.15) is 41.6 Å². The number of hydrogen-bond donors (Lipinski definition) is 0. The molecule has 0 bridgehead atoms. The molecule has 0 N–H and O–H groups in total. The molecule has 2 aliphatic heterocycles. The first-order valence-corrected chi connectivity index (χ1v) is 8.77. The highest BCUT2D eigenvalue weighted by atomic mass is 32.2. The Labute approximate surface area is 129 Å². The van der Waals surface area contributed by atoms with Gasteiger partial charge in [-0.1, -0.05) is 6.07 Å². The van der Waals surface area contributed by atoms with Crippen LogP contribution in [0.5, 0.6) is 0 Å². The molecule has 2 aliphatic rings. The van der Waals surface area contributed by atoms with Crippen LogP contribution >= 0.6 is 11.8 Å². The lowest BCUT2D eigenvalue weighted by Crippen LogP contribution is -2.44. The minimum absolute atomic E-state index is 0.0478. The monoisotopic (exact) mass is 308 g/mol. The van der Waals surface area contributed by atoms with E-state index in [0.29, 0.717) is 13.0 Å². The van der Waals surface area contributed by atoms with E-state index >= 15 is 0 Å². The van der Waals surface area contributed by atoms with Crippen molar-refractivity contribution in [3.05, 3.63) is 35.1 Å². The van der Waals surface area contributed by atoms with E-state index in [2.05, 4.69) is 0 Å². The number of thioether (sulfide) groups is 1. The topological polar surface area (TPSA) is 26.3 Å². The number of carbonyl (C=O) groups is 1. The van der Waals surface area contributed by atoms with Gasteiger partial charge in [-0.3, -0.25) is 4.79 Å². The fourth-order valence-corrected chi connectivity index (χ4v) is 4.62. The summed E-state index contributed by atoms with van der Waals surface area (Å²) < 4.78 is 20.0. The van der Waals surface area contributed by atoms with Crippen LogP contribution in [-0.4, -0.2) is 29.5 Å². The smallest absolute Gasteiger partial charge is 0.169 e. The molecule has 2 fully saturated rings. The van der Waals surface area contributed by atoms with E-state index in [4.69, 9.17) is 4.74 Å². The van der Waals surface area contributed by atoms with Gasteiger partial charge >= 0.3 is 0 Å². The Hall–Kier alpha value is -0.870. The molecule has 1 atom stereocenters. The SMILES string of the molecule is Cc1ccc(C(=O)C2CCOC3(CCSCC3)C2)c(F)c1. The Balaban J connectivity index is 1.77. The van der Waals surface area contributed by atoms with Crippen LogP contribution in [0.3, 0.4) is 0 Å². The van der Waals surface area contributed by atoms with Crippen molar-refractivity contribution in [3.8, 4) is 0 Å². The van der Waals surface area contributed by atoms with Gasteiger partial charge in [0.15, 0.2) is 5.78 Å². The number of Topliss-reactive ketones (excluding diaryl/α,β-unsaturated/α-hetero) is 1. The molecular weight excluding hydrogens is 287 g/mol. The summed E-state index contributed by atoms with van der Waals surface area (Å²) in [5, 5.41) is 0. The Morgan fingerprint density at radius 3 is 2.86 bits per heavy atom. The fraction of sp³-hybridized carbons (Fsp3) is 0.588. The molecular formula is C17H21FO2S. The third-order valence-electron chi connectivity index (χ3n) is 4.66. The standard InChI is InChI=1S/C17H21FO2S/c1-12-2-3-14(15(18)10-12)16(19)13-4-7-20-17(11-13)5-8-21-9-6-17/h2-3,10,13H,4-9,11H2,1H3. The van der Waals surface area contributed by atoms with E-state index in [1.165, 1.54) is 6.07 Å². The van der Waals surface area contributed by atoms with E-state index in [1.54, 1.807) is 6.07 Å². The van der Waals surface area contributed by atoms with Gasteiger partial charge in [0.25, 0.3) is 0 Å². The molecule has 1 aromatic carbocycles. The van der Waals surface area contributed by atoms with E-state index in [1.807, 2.05) is 24.8 Å². The summed E-state index contributed by atoms with van der Waals surface area (Å²) in [6.07, 6.45) is 3.48. The molecule has 1 spiro atoms. The van der Waals surface area contributed by atoms with Gasteiger partial charge < -0.3 is 4.74 Å². The summed E-state index contributed by atoms with van der Waals surface area (Å²) in [6, 6.07) is 4.88. The minimum atomic E-state index is -0.389. The maximum atomic E-state index is 14.0. The highest BCUT2D eigenvalue weighted by Crippen LogP contribution is 2.40. The molecule has 0 radical (unpaired) electrons. The Morgan fingerprint density at radius 1 is 1.38 bits per heavy atom. The highest BCUT2D eigenvalue weighted by Gasteiger charge is 2.41. The molecule has 0 saturated carbocycles. The molecule has 3 rings (SSSR count). The lowest BCUT2D eigenvalue weighted by atomic mass is 9.78. The molecule has 114 valence electrons. The van der Waals surface area contributed by atoms with Crippen molar-refractivity contribution in [1.29, 1.82) is 0 Å². The third kappa shape index (κ3) is 3.16. The van der Waals surface area contributed by atoms with Crippen LogP contribution in [0.4, 0.5) is 4.39 Å². The van der Waals surface area contributed by atoms with Crippen molar-refractivity contribution < 1.29 is 13.9 Å². The largest absolute Gasteiger partial charge is 0.375 e. The first kappa shape index (κ1) is 15.0. The Kier molecular flexibility index (Phi) is 4.36. The van der Waals surface area contributed by atoms with Crippen LogP contribution in [-0.2, 0) is 4.74 Å². The van der Waals surface area contributed by atoms with Crippen LogP contribution < -0.4 is 0 Å². The lowest BCUT2D eigenvalue weighted by molar-refractivity contribution is -0.0960. The zero-order valence-electron chi connectivity index (χ0n) is 12.4. The molecule has 1 aromatic rings. The number of ether oxygens (including phenoxy) is 1. The van der Waals surface area contributed by atoms with Crippen molar-refractivity contribution in [1.82, 2.24) is 0 Å². The summed E-state index contributed by atoms with van der Waals surface area (Å²) in [7, 11) is 0. The summed E-state index contributed by atoms with van der Waals surface area (Å²) in [6.45, 7) is 2.45. The van der Waals surface area contributed by atoms with Crippen LogP contribution in [0.2, 0.25) is 0 Å². The molecule has 2 nitrogen and oxygen atoms in total. The van der Waals surface area contributed by atoms with Gasteiger partial charge in [0, 0.05) is 12.5 Å². The second-order valence-electron chi connectivity index (χ2n) is 6.18. The van der Waals surface area contributed by atoms with Crippen molar-refractivity contribution in [2.45, 2.75) is 38.2 Å². The zero-order valence-corrected chi connectivity index (χ0v) is 13.2. The Morgan fingerprint density at radius 2 is 2.14 bits per heavy atom. The van der Waals surface area contributed by atoms with Crippen LogP contribution in [0.25, 0.3) is 0 Å². The van der Waals surface area contributed by atoms with Crippen LogP contribution in [0.15, 0.2) is 18.2 Å². The van der Waals surface area contributed by atoms with Gasteiger partial charge in [0.2, 0.25) is 0 Å². The lowest BCUT2D eigenvalue weighted by Gasteiger charge is -2.42. The average Bonchev–Trinajstić information content (AvgIpc) is 2.47. The van der Waals surface area contributed by atoms with Gasteiger partial charge in [-0.25, -0.2) is 4.39 Å². The molecule has 1 unspecified atom stereocenters. The van der Waals surface area contributed by atoms with Gasteiger partial charge in [-0.05, 0) is 61.8 Å². The summed E-state index contributed by atoms with van der Waals surface area (Å²) in [4.78, 5) is 12.7. The molecule has 4 heteroatoms. The predicted molar refractivity (Wildman–Crippen MR) is 83.4 cm³/mol. The maximum Gasteiger partial charge on any atom is 0.169 e. The van der Waals surface area contributed by atoms with Crippen molar-refractivity contribution in [2.24, 2.45) is 5.92 Å². The van der Waals surface area contributed by atoms with E-state index in [-0.39, 0.29) is 28.7 Å². The average molecular weight is 308 g/mol. The second kappa shape index (κ2) is 6.09. The number of aryl methyl sites for hydroxylation is 1. The fourth-order valence-electron chi connectivity index (χ4n) is 3.38. The van der Waals surface area contributed by atoms with Gasteiger partial charge in [-0.2, -0.15) is 11.8 Å².